The monoisotopic (exact) mass is 348 g/mol. The van der Waals surface area contributed by atoms with Gasteiger partial charge in [0.05, 0.1) is 11.1 Å². The van der Waals surface area contributed by atoms with Gasteiger partial charge < -0.3 is 20.8 Å². The van der Waals surface area contributed by atoms with Gasteiger partial charge in [0, 0.05) is 11.4 Å². The van der Waals surface area contributed by atoms with Crippen LogP contribution in [0.15, 0.2) is 72.8 Å². The standard InChI is InChI=1S/C20H16N2O4/c23-17-7-3-1-5-15(17)19(25)21-13-9-11-14(12-10-13)22-20(26)16-6-2-4-8-18(16)24/h1-12,23-24H,(H,21,25)(H,22,26). The zero-order valence-electron chi connectivity index (χ0n) is 13.6. The summed E-state index contributed by atoms with van der Waals surface area (Å²) in [7, 11) is 0. The van der Waals surface area contributed by atoms with Crippen molar-refractivity contribution in [2.45, 2.75) is 0 Å². The van der Waals surface area contributed by atoms with E-state index < -0.39 is 11.8 Å². The van der Waals surface area contributed by atoms with Crippen molar-refractivity contribution in [2.75, 3.05) is 10.6 Å². The number of phenolic OH excluding ortho intramolecular Hbond substituents is 2. The summed E-state index contributed by atoms with van der Waals surface area (Å²) in [5.74, 6) is -1.07. The predicted octanol–water partition coefficient (Wildman–Crippen LogP) is 3.60. The van der Waals surface area contributed by atoms with Crippen molar-refractivity contribution in [3.63, 3.8) is 0 Å². The highest BCUT2D eigenvalue weighted by Crippen LogP contribution is 2.21. The summed E-state index contributed by atoms with van der Waals surface area (Å²) in [4.78, 5) is 24.3. The smallest absolute Gasteiger partial charge is 0.259 e. The summed E-state index contributed by atoms with van der Waals surface area (Å²) in [6, 6.07) is 19.0. The van der Waals surface area contributed by atoms with Crippen molar-refractivity contribution >= 4 is 23.2 Å². The van der Waals surface area contributed by atoms with Crippen LogP contribution in [0.1, 0.15) is 20.7 Å². The van der Waals surface area contributed by atoms with Gasteiger partial charge in [0.1, 0.15) is 11.5 Å². The molecule has 0 saturated carbocycles. The molecule has 0 heterocycles. The van der Waals surface area contributed by atoms with Crippen molar-refractivity contribution in [1.82, 2.24) is 0 Å². The van der Waals surface area contributed by atoms with Crippen molar-refractivity contribution in [3.05, 3.63) is 83.9 Å². The van der Waals surface area contributed by atoms with Gasteiger partial charge in [0.2, 0.25) is 0 Å². The fraction of sp³-hybridized carbons (Fsp3) is 0. The van der Waals surface area contributed by atoms with Gasteiger partial charge in [-0.15, -0.1) is 0 Å². The molecule has 0 atom stereocenters. The lowest BCUT2D eigenvalue weighted by atomic mass is 10.1. The van der Waals surface area contributed by atoms with E-state index in [1.165, 1.54) is 24.3 Å². The molecule has 0 fully saturated rings. The minimum Gasteiger partial charge on any atom is -0.507 e. The van der Waals surface area contributed by atoms with E-state index >= 15 is 0 Å². The molecule has 3 rings (SSSR count). The molecule has 0 unspecified atom stereocenters. The number of para-hydroxylation sites is 2. The number of carbonyl (C=O) groups excluding carboxylic acids is 2. The summed E-state index contributed by atoms with van der Waals surface area (Å²) in [5.41, 5.74) is 1.37. The van der Waals surface area contributed by atoms with E-state index in [1.807, 2.05) is 0 Å². The molecule has 0 aliphatic heterocycles. The third kappa shape index (κ3) is 3.81. The topological polar surface area (TPSA) is 98.7 Å². The molecule has 26 heavy (non-hydrogen) atoms. The van der Waals surface area contributed by atoms with Crippen LogP contribution in [0.25, 0.3) is 0 Å². The van der Waals surface area contributed by atoms with E-state index in [0.717, 1.165) is 0 Å². The van der Waals surface area contributed by atoms with Crippen LogP contribution in [0.5, 0.6) is 11.5 Å². The normalized spacial score (nSPS) is 10.2. The van der Waals surface area contributed by atoms with Crippen LogP contribution in [0, 0.1) is 0 Å². The molecule has 130 valence electrons. The Bertz CT molecular complexity index is 874. The average Bonchev–Trinajstić information content (AvgIpc) is 2.64. The Morgan fingerprint density at radius 3 is 1.27 bits per heavy atom. The van der Waals surface area contributed by atoms with E-state index in [9.17, 15) is 19.8 Å². The molecule has 3 aromatic carbocycles. The second-order valence-corrected chi connectivity index (χ2v) is 5.52. The van der Waals surface area contributed by atoms with Gasteiger partial charge in [0.15, 0.2) is 0 Å². The Morgan fingerprint density at radius 1 is 0.577 bits per heavy atom. The van der Waals surface area contributed by atoms with Crippen LogP contribution in [0.3, 0.4) is 0 Å². The first kappa shape index (κ1) is 17.0. The van der Waals surface area contributed by atoms with Gasteiger partial charge in [-0.25, -0.2) is 0 Å². The number of nitrogens with one attached hydrogen (secondary N) is 2. The van der Waals surface area contributed by atoms with Crippen LogP contribution in [0.4, 0.5) is 11.4 Å². The van der Waals surface area contributed by atoms with Gasteiger partial charge in [0.25, 0.3) is 11.8 Å². The van der Waals surface area contributed by atoms with Crippen LogP contribution >= 0.6 is 0 Å². The summed E-state index contributed by atoms with van der Waals surface area (Å²) in [5, 5.41) is 24.7. The number of amides is 2. The highest BCUT2D eigenvalue weighted by molar-refractivity contribution is 6.07. The largest absolute Gasteiger partial charge is 0.507 e. The summed E-state index contributed by atoms with van der Waals surface area (Å²) in [6.07, 6.45) is 0. The number of phenols is 2. The molecule has 0 aliphatic rings. The van der Waals surface area contributed by atoms with Gasteiger partial charge in [-0.3, -0.25) is 9.59 Å². The zero-order valence-corrected chi connectivity index (χ0v) is 13.6. The minimum absolute atomic E-state index is 0.100. The van der Waals surface area contributed by atoms with Crippen molar-refractivity contribution < 1.29 is 19.8 Å². The molecule has 6 nitrogen and oxygen atoms in total. The molecular formula is C20H16N2O4. The summed E-state index contributed by atoms with van der Waals surface area (Å²) < 4.78 is 0. The fourth-order valence-corrected chi connectivity index (χ4v) is 2.37. The lowest BCUT2D eigenvalue weighted by Gasteiger charge is -2.09. The third-order valence-electron chi connectivity index (χ3n) is 3.70. The highest BCUT2D eigenvalue weighted by Gasteiger charge is 2.12. The minimum atomic E-state index is -0.436. The molecule has 0 aromatic heterocycles. The van der Waals surface area contributed by atoms with Crippen LogP contribution in [-0.2, 0) is 0 Å². The predicted molar refractivity (Wildman–Crippen MR) is 98.6 cm³/mol. The first-order valence-corrected chi connectivity index (χ1v) is 7.83. The van der Waals surface area contributed by atoms with Crippen LogP contribution < -0.4 is 10.6 Å². The van der Waals surface area contributed by atoms with E-state index in [1.54, 1.807) is 48.5 Å². The Labute approximate surface area is 149 Å². The highest BCUT2D eigenvalue weighted by atomic mass is 16.3. The third-order valence-corrected chi connectivity index (χ3v) is 3.70. The number of carbonyl (C=O) groups is 2. The van der Waals surface area contributed by atoms with Crippen LogP contribution in [-0.4, -0.2) is 22.0 Å². The molecule has 4 N–H and O–H groups in total. The number of hydrogen-bond donors (Lipinski definition) is 4. The second-order valence-electron chi connectivity index (χ2n) is 5.52. The van der Waals surface area contributed by atoms with E-state index in [0.29, 0.717) is 11.4 Å². The molecule has 0 spiro atoms. The zero-order chi connectivity index (χ0) is 18.5. The van der Waals surface area contributed by atoms with E-state index in [4.69, 9.17) is 0 Å². The number of aromatic hydroxyl groups is 2. The van der Waals surface area contributed by atoms with Gasteiger partial charge >= 0.3 is 0 Å². The molecule has 0 saturated heterocycles. The summed E-state index contributed by atoms with van der Waals surface area (Å²) >= 11 is 0. The van der Waals surface area contributed by atoms with Crippen LogP contribution in [0.2, 0.25) is 0 Å². The Balaban J connectivity index is 1.67. The number of anilines is 2. The maximum absolute atomic E-state index is 12.2. The molecular weight excluding hydrogens is 332 g/mol. The van der Waals surface area contributed by atoms with Gasteiger partial charge in [-0.05, 0) is 48.5 Å². The molecule has 0 radical (unpaired) electrons. The lowest BCUT2D eigenvalue weighted by Crippen LogP contribution is -2.13. The number of benzene rings is 3. The summed E-state index contributed by atoms with van der Waals surface area (Å²) in [6.45, 7) is 0. The molecule has 6 heteroatoms. The second kappa shape index (κ2) is 7.40. The fourth-order valence-electron chi connectivity index (χ4n) is 2.37. The van der Waals surface area contributed by atoms with Crippen molar-refractivity contribution in [2.24, 2.45) is 0 Å². The Morgan fingerprint density at radius 2 is 0.923 bits per heavy atom. The number of hydrogen-bond acceptors (Lipinski definition) is 4. The van der Waals surface area contributed by atoms with E-state index in [-0.39, 0.29) is 22.6 Å². The molecule has 0 aliphatic carbocycles. The first-order valence-electron chi connectivity index (χ1n) is 7.83. The number of rotatable bonds is 4. The quantitative estimate of drug-likeness (QED) is 0.579. The Kier molecular flexibility index (Phi) is 4.85. The maximum Gasteiger partial charge on any atom is 0.259 e. The molecule has 3 aromatic rings. The van der Waals surface area contributed by atoms with E-state index in [2.05, 4.69) is 10.6 Å². The molecule has 0 bridgehead atoms. The SMILES string of the molecule is O=C(Nc1ccc(NC(=O)c2ccccc2O)cc1)c1ccccc1O. The van der Waals surface area contributed by atoms with Crippen molar-refractivity contribution in [1.29, 1.82) is 0 Å². The van der Waals surface area contributed by atoms with Crippen molar-refractivity contribution in [3.8, 4) is 11.5 Å². The van der Waals surface area contributed by atoms with Gasteiger partial charge in [-0.2, -0.15) is 0 Å². The molecule has 2 amide bonds. The Hall–Kier alpha value is -3.80. The maximum atomic E-state index is 12.2. The first-order chi connectivity index (χ1) is 12.5. The van der Waals surface area contributed by atoms with Gasteiger partial charge in [-0.1, -0.05) is 24.3 Å². The lowest BCUT2D eigenvalue weighted by molar-refractivity contribution is 0.101. The average molecular weight is 348 g/mol.